The molecule has 0 radical (unpaired) electrons. The molecule has 0 saturated carbocycles. The van der Waals surface area contributed by atoms with Crippen LogP contribution in [0.25, 0.3) is 0 Å². The molecular weight excluding hydrogens is 272 g/mol. The maximum absolute atomic E-state index is 12.5. The van der Waals surface area contributed by atoms with Crippen molar-refractivity contribution in [3.05, 3.63) is 53.1 Å². The molecule has 0 aliphatic rings. The van der Waals surface area contributed by atoms with Crippen LogP contribution in [0.1, 0.15) is 16.7 Å². The van der Waals surface area contributed by atoms with Crippen LogP contribution in [0, 0.1) is 20.8 Å². The van der Waals surface area contributed by atoms with Crippen molar-refractivity contribution in [2.24, 2.45) is 0 Å². The fourth-order valence-electron chi connectivity index (χ4n) is 2.00. The summed E-state index contributed by atoms with van der Waals surface area (Å²) in [7, 11) is -3.59. The topological polar surface area (TPSA) is 72.2 Å². The zero-order valence-electron chi connectivity index (χ0n) is 11.8. The molecule has 0 bridgehead atoms. The Morgan fingerprint density at radius 2 is 1.65 bits per heavy atom. The molecule has 106 valence electrons. The number of rotatable bonds is 3. The van der Waals surface area contributed by atoms with Gasteiger partial charge in [-0.3, -0.25) is 4.72 Å². The molecule has 0 unspecified atom stereocenters. The molecule has 0 aliphatic heterocycles. The Balaban J connectivity index is 2.43. The van der Waals surface area contributed by atoms with Gasteiger partial charge in [-0.15, -0.1) is 0 Å². The molecule has 20 heavy (non-hydrogen) atoms. The van der Waals surface area contributed by atoms with E-state index in [9.17, 15) is 8.42 Å². The van der Waals surface area contributed by atoms with Crippen LogP contribution in [-0.4, -0.2) is 8.42 Å². The Morgan fingerprint density at radius 3 is 2.30 bits per heavy atom. The van der Waals surface area contributed by atoms with Crippen LogP contribution in [0.4, 0.5) is 11.4 Å². The number of benzene rings is 2. The van der Waals surface area contributed by atoms with Gasteiger partial charge in [0.1, 0.15) is 0 Å². The van der Waals surface area contributed by atoms with Crippen LogP contribution in [0.2, 0.25) is 0 Å². The van der Waals surface area contributed by atoms with Gasteiger partial charge < -0.3 is 5.73 Å². The van der Waals surface area contributed by atoms with Gasteiger partial charge >= 0.3 is 0 Å². The summed E-state index contributed by atoms with van der Waals surface area (Å²) in [4.78, 5) is 0.300. The highest BCUT2D eigenvalue weighted by molar-refractivity contribution is 7.92. The molecular formula is C15H18N2O2S. The average molecular weight is 290 g/mol. The van der Waals surface area contributed by atoms with Crippen molar-refractivity contribution in [1.82, 2.24) is 0 Å². The van der Waals surface area contributed by atoms with E-state index < -0.39 is 10.0 Å². The van der Waals surface area contributed by atoms with E-state index in [2.05, 4.69) is 4.72 Å². The summed E-state index contributed by atoms with van der Waals surface area (Å²) < 4.78 is 27.6. The first kappa shape index (κ1) is 14.4. The van der Waals surface area contributed by atoms with E-state index in [0.717, 1.165) is 16.7 Å². The lowest BCUT2D eigenvalue weighted by molar-refractivity contribution is 0.600. The molecule has 0 aliphatic carbocycles. The second kappa shape index (κ2) is 5.17. The molecule has 0 amide bonds. The van der Waals surface area contributed by atoms with Gasteiger partial charge in [0.25, 0.3) is 10.0 Å². The van der Waals surface area contributed by atoms with E-state index in [-0.39, 0.29) is 0 Å². The predicted molar refractivity (Wildman–Crippen MR) is 82.3 cm³/mol. The van der Waals surface area contributed by atoms with Gasteiger partial charge in [0.05, 0.1) is 10.6 Å². The van der Waals surface area contributed by atoms with Crippen molar-refractivity contribution in [3.8, 4) is 0 Å². The molecule has 0 fully saturated rings. The van der Waals surface area contributed by atoms with E-state index in [1.54, 1.807) is 37.3 Å². The minimum absolute atomic E-state index is 0.300. The average Bonchev–Trinajstić information content (AvgIpc) is 2.35. The number of hydrogen-bond acceptors (Lipinski definition) is 3. The number of nitrogens with two attached hydrogens (primary N) is 1. The standard InChI is InChI=1S/C15H18N2O2S/c1-10-4-5-11(2)15(8-10)20(18,19)17-14-7-6-13(16)9-12(14)3/h4-9,17H,16H2,1-3H3. The third-order valence-corrected chi connectivity index (χ3v) is 4.64. The van der Waals surface area contributed by atoms with E-state index in [1.807, 2.05) is 19.9 Å². The summed E-state index contributed by atoms with van der Waals surface area (Å²) in [5.41, 5.74) is 9.24. The third kappa shape index (κ3) is 2.93. The number of anilines is 2. The number of hydrogen-bond donors (Lipinski definition) is 2. The van der Waals surface area contributed by atoms with Crippen LogP contribution < -0.4 is 10.5 Å². The summed E-state index contributed by atoms with van der Waals surface area (Å²) in [5.74, 6) is 0. The zero-order valence-corrected chi connectivity index (χ0v) is 12.6. The largest absolute Gasteiger partial charge is 0.399 e. The third-order valence-electron chi connectivity index (χ3n) is 3.13. The number of sulfonamides is 1. The first-order valence-corrected chi connectivity index (χ1v) is 7.74. The van der Waals surface area contributed by atoms with Crippen molar-refractivity contribution in [2.45, 2.75) is 25.7 Å². The van der Waals surface area contributed by atoms with Crippen LogP contribution in [0.15, 0.2) is 41.3 Å². The summed E-state index contributed by atoms with van der Waals surface area (Å²) >= 11 is 0. The summed E-state index contributed by atoms with van der Waals surface area (Å²) in [6, 6.07) is 10.5. The minimum atomic E-state index is -3.59. The van der Waals surface area contributed by atoms with Crippen LogP contribution in [0.3, 0.4) is 0 Å². The lowest BCUT2D eigenvalue weighted by atomic mass is 10.2. The van der Waals surface area contributed by atoms with E-state index >= 15 is 0 Å². The molecule has 2 rings (SSSR count). The first-order valence-electron chi connectivity index (χ1n) is 6.26. The molecule has 0 atom stereocenters. The quantitative estimate of drug-likeness (QED) is 0.854. The van der Waals surface area contributed by atoms with E-state index in [1.165, 1.54) is 0 Å². The van der Waals surface area contributed by atoms with Crippen molar-refractivity contribution in [3.63, 3.8) is 0 Å². The van der Waals surface area contributed by atoms with E-state index in [4.69, 9.17) is 5.73 Å². The number of aryl methyl sites for hydroxylation is 3. The predicted octanol–water partition coefficient (Wildman–Crippen LogP) is 2.99. The number of nitrogens with one attached hydrogen (secondary N) is 1. The summed E-state index contributed by atoms with van der Waals surface area (Å²) in [6.45, 7) is 5.47. The minimum Gasteiger partial charge on any atom is -0.399 e. The van der Waals surface area contributed by atoms with Gasteiger partial charge in [-0.05, 0) is 61.7 Å². The lowest BCUT2D eigenvalue weighted by Crippen LogP contribution is -2.15. The van der Waals surface area contributed by atoms with Gasteiger partial charge in [0.15, 0.2) is 0 Å². The van der Waals surface area contributed by atoms with Gasteiger partial charge in [0.2, 0.25) is 0 Å². The van der Waals surface area contributed by atoms with Gasteiger partial charge in [-0.25, -0.2) is 8.42 Å². The highest BCUT2D eigenvalue weighted by Crippen LogP contribution is 2.23. The lowest BCUT2D eigenvalue weighted by Gasteiger charge is -2.13. The maximum atomic E-state index is 12.5. The molecule has 0 saturated heterocycles. The fourth-order valence-corrected chi connectivity index (χ4v) is 3.46. The normalized spacial score (nSPS) is 11.3. The zero-order chi connectivity index (χ0) is 14.9. The van der Waals surface area contributed by atoms with Gasteiger partial charge in [0, 0.05) is 5.69 Å². The summed E-state index contributed by atoms with van der Waals surface area (Å²) in [5, 5.41) is 0. The Labute approximate surface area is 119 Å². The number of nitrogen functional groups attached to an aromatic ring is 1. The smallest absolute Gasteiger partial charge is 0.262 e. The summed E-state index contributed by atoms with van der Waals surface area (Å²) in [6.07, 6.45) is 0. The maximum Gasteiger partial charge on any atom is 0.262 e. The molecule has 0 spiro atoms. The monoisotopic (exact) mass is 290 g/mol. The van der Waals surface area contributed by atoms with Crippen molar-refractivity contribution >= 4 is 21.4 Å². The van der Waals surface area contributed by atoms with Crippen molar-refractivity contribution in [2.75, 3.05) is 10.5 Å². The molecule has 0 heterocycles. The molecule has 5 heteroatoms. The molecule has 2 aromatic carbocycles. The van der Waals surface area contributed by atoms with E-state index in [0.29, 0.717) is 16.3 Å². The Bertz CT molecular complexity index is 752. The Morgan fingerprint density at radius 1 is 0.950 bits per heavy atom. The highest BCUT2D eigenvalue weighted by Gasteiger charge is 2.17. The second-order valence-corrected chi connectivity index (χ2v) is 6.60. The first-order chi connectivity index (χ1) is 9.29. The Kier molecular flexibility index (Phi) is 3.72. The molecule has 2 aromatic rings. The van der Waals surface area contributed by atoms with Gasteiger partial charge in [-0.1, -0.05) is 12.1 Å². The van der Waals surface area contributed by atoms with Crippen molar-refractivity contribution in [1.29, 1.82) is 0 Å². The van der Waals surface area contributed by atoms with Crippen LogP contribution in [-0.2, 0) is 10.0 Å². The van der Waals surface area contributed by atoms with Crippen LogP contribution >= 0.6 is 0 Å². The SMILES string of the molecule is Cc1ccc(C)c(S(=O)(=O)Nc2ccc(N)cc2C)c1. The van der Waals surface area contributed by atoms with Gasteiger partial charge in [-0.2, -0.15) is 0 Å². The molecule has 0 aromatic heterocycles. The molecule has 3 N–H and O–H groups in total. The second-order valence-electron chi connectivity index (χ2n) is 4.95. The highest BCUT2D eigenvalue weighted by atomic mass is 32.2. The van der Waals surface area contributed by atoms with Crippen molar-refractivity contribution < 1.29 is 8.42 Å². The fraction of sp³-hybridized carbons (Fsp3) is 0.200. The molecule has 4 nitrogen and oxygen atoms in total. The Hall–Kier alpha value is -2.01. The van der Waals surface area contributed by atoms with Crippen LogP contribution in [0.5, 0.6) is 0 Å².